The van der Waals surface area contributed by atoms with Gasteiger partial charge >= 0.3 is 6.01 Å². The summed E-state index contributed by atoms with van der Waals surface area (Å²) in [5, 5.41) is 9.45. The topological polar surface area (TPSA) is 64.4 Å². The maximum atomic E-state index is 11.0. The Balaban J connectivity index is 1.96. The smallest absolute Gasteiger partial charge is 0.301 e. The third-order valence-electron chi connectivity index (χ3n) is 2.68. The summed E-state index contributed by atoms with van der Waals surface area (Å²) in [6.45, 7) is 0.171. The van der Waals surface area contributed by atoms with Crippen molar-refractivity contribution in [1.82, 2.24) is 9.55 Å². The zero-order valence-corrected chi connectivity index (χ0v) is 8.68. The standard InChI is InChI=1S/C9H10N2O3S/c12-4-5-3-6-8(15-5)11-2-1-7(13)10-9(11)14-6/h1-2,5-6,8,12H,3-4H2/t5-,6?,8+/m0/s1. The van der Waals surface area contributed by atoms with Gasteiger partial charge in [-0.1, -0.05) is 0 Å². The van der Waals surface area contributed by atoms with E-state index in [1.54, 1.807) is 18.0 Å². The number of aliphatic hydroxyl groups excluding tert-OH is 1. The first-order valence-corrected chi connectivity index (χ1v) is 5.74. The number of fused-ring (bicyclic) bond motifs is 3. The fraction of sp³-hybridized carbons (Fsp3) is 0.556. The van der Waals surface area contributed by atoms with Gasteiger partial charge in [-0.25, -0.2) is 0 Å². The second-order valence-corrected chi connectivity index (χ2v) is 5.10. The van der Waals surface area contributed by atoms with Gasteiger partial charge < -0.3 is 9.84 Å². The number of ether oxygens (including phenoxy) is 1. The zero-order chi connectivity index (χ0) is 10.4. The maximum absolute atomic E-state index is 11.0. The molecular weight excluding hydrogens is 216 g/mol. The number of thioether (sulfide) groups is 1. The summed E-state index contributed by atoms with van der Waals surface area (Å²) in [5.41, 5.74) is -0.273. The molecule has 6 heteroatoms. The van der Waals surface area contributed by atoms with E-state index in [0.29, 0.717) is 6.01 Å². The third kappa shape index (κ3) is 1.36. The van der Waals surface area contributed by atoms with Crippen molar-refractivity contribution in [3.63, 3.8) is 0 Å². The van der Waals surface area contributed by atoms with Gasteiger partial charge in [0.05, 0.1) is 6.61 Å². The lowest BCUT2D eigenvalue weighted by atomic mass is 10.2. The van der Waals surface area contributed by atoms with Crippen LogP contribution < -0.4 is 10.3 Å². The molecule has 0 aromatic carbocycles. The highest BCUT2D eigenvalue weighted by atomic mass is 32.2. The van der Waals surface area contributed by atoms with Crippen LogP contribution >= 0.6 is 11.8 Å². The summed E-state index contributed by atoms with van der Waals surface area (Å²) in [5.74, 6) is 0. The summed E-state index contributed by atoms with van der Waals surface area (Å²) in [6, 6.07) is 1.84. The van der Waals surface area contributed by atoms with Crippen molar-refractivity contribution in [3.05, 3.63) is 22.6 Å². The van der Waals surface area contributed by atoms with Crippen LogP contribution in [0.4, 0.5) is 0 Å². The Morgan fingerprint density at radius 2 is 2.60 bits per heavy atom. The predicted octanol–water partition coefficient (Wildman–Crippen LogP) is 0.000700. The first-order valence-electron chi connectivity index (χ1n) is 4.80. The summed E-state index contributed by atoms with van der Waals surface area (Å²) in [4.78, 5) is 14.8. The van der Waals surface area contributed by atoms with Crippen LogP contribution in [0.5, 0.6) is 6.01 Å². The fourth-order valence-corrected chi connectivity index (χ4v) is 3.41. The Morgan fingerprint density at radius 1 is 1.73 bits per heavy atom. The molecule has 15 heavy (non-hydrogen) atoms. The van der Waals surface area contributed by atoms with Crippen molar-refractivity contribution >= 4 is 11.8 Å². The number of hydrogen-bond acceptors (Lipinski definition) is 5. The molecule has 3 atom stereocenters. The summed E-state index contributed by atoms with van der Waals surface area (Å²) in [7, 11) is 0. The molecule has 1 aromatic rings. The molecule has 0 aliphatic carbocycles. The lowest BCUT2D eigenvalue weighted by Crippen LogP contribution is -2.15. The Kier molecular flexibility index (Phi) is 2.00. The van der Waals surface area contributed by atoms with Gasteiger partial charge in [0.25, 0.3) is 5.56 Å². The third-order valence-corrected chi connectivity index (χ3v) is 4.22. The predicted molar refractivity (Wildman–Crippen MR) is 55.0 cm³/mol. The largest absolute Gasteiger partial charge is 0.458 e. The second kappa shape index (κ2) is 3.24. The monoisotopic (exact) mass is 226 g/mol. The minimum Gasteiger partial charge on any atom is -0.458 e. The van der Waals surface area contributed by atoms with Gasteiger partial charge in [0.1, 0.15) is 11.5 Å². The molecule has 1 N–H and O–H groups in total. The van der Waals surface area contributed by atoms with Crippen LogP contribution in [0.25, 0.3) is 0 Å². The number of nitrogens with zero attached hydrogens (tertiary/aromatic N) is 2. The van der Waals surface area contributed by atoms with E-state index >= 15 is 0 Å². The van der Waals surface area contributed by atoms with E-state index in [9.17, 15) is 4.79 Å². The van der Waals surface area contributed by atoms with Crippen molar-refractivity contribution < 1.29 is 9.84 Å². The molecule has 5 nitrogen and oxygen atoms in total. The van der Waals surface area contributed by atoms with Gasteiger partial charge in [-0.05, 0) is 0 Å². The summed E-state index contributed by atoms with van der Waals surface area (Å²) >= 11 is 1.68. The molecule has 1 unspecified atom stereocenters. The highest BCUT2D eigenvalue weighted by Crippen LogP contribution is 2.47. The summed E-state index contributed by atoms with van der Waals surface area (Å²) in [6.07, 6.45) is 2.56. The molecule has 3 heterocycles. The SMILES string of the molecule is O=c1ccn2c(n1)OC1C[C@@H](CO)S[C@H]12. The number of aromatic nitrogens is 2. The molecule has 0 bridgehead atoms. The highest BCUT2D eigenvalue weighted by Gasteiger charge is 2.43. The van der Waals surface area contributed by atoms with Crippen LogP contribution in [0.15, 0.2) is 17.1 Å². The van der Waals surface area contributed by atoms with Gasteiger partial charge in [0.2, 0.25) is 0 Å². The van der Waals surface area contributed by atoms with E-state index < -0.39 is 0 Å². The zero-order valence-electron chi connectivity index (χ0n) is 7.87. The van der Waals surface area contributed by atoms with Gasteiger partial charge in [-0.3, -0.25) is 9.36 Å². The average molecular weight is 226 g/mol. The molecule has 2 aliphatic heterocycles. The lowest BCUT2D eigenvalue weighted by molar-refractivity contribution is 0.204. The maximum Gasteiger partial charge on any atom is 0.301 e. The van der Waals surface area contributed by atoms with Crippen molar-refractivity contribution in [2.24, 2.45) is 0 Å². The van der Waals surface area contributed by atoms with E-state index in [4.69, 9.17) is 9.84 Å². The van der Waals surface area contributed by atoms with Crippen molar-refractivity contribution in [1.29, 1.82) is 0 Å². The molecule has 1 aromatic heterocycles. The van der Waals surface area contributed by atoms with E-state index in [1.165, 1.54) is 6.07 Å². The number of rotatable bonds is 1. The van der Waals surface area contributed by atoms with Crippen LogP contribution in [0.2, 0.25) is 0 Å². The minimum absolute atomic E-state index is 0.0430. The van der Waals surface area contributed by atoms with Crippen molar-refractivity contribution in [3.8, 4) is 6.01 Å². The van der Waals surface area contributed by atoms with E-state index in [-0.39, 0.29) is 28.9 Å². The molecule has 80 valence electrons. The van der Waals surface area contributed by atoms with Crippen LogP contribution in [-0.2, 0) is 0 Å². The minimum atomic E-state index is -0.273. The van der Waals surface area contributed by atoms with Crippen LogP contribution in [0.3, 0.4) is 0 Å². The Hall–Kier alpha value is -1.01. The number of hydrogen-bond donors (Lipinski definition) is 1. The van der Waals surface area contributed by atoms with Gasteiger partial charge in [0, 0.05) is 23.9 Å². The van der Waals surface area contributed by atoms with Gasteiger partial charge in [-0.2, -0.15) is 4.98 Å². The molecule has 0 radical (unpaired) electrons. The lowest BCUT2D eigenvalue weighted by Gasteiger charge is -2.09. The highest BCUT2D eigenvalue weighted by molar-refractivity contribution is 8.00. The van der Waals surface area contributed by atoms with Gasteiger partial charge in [-0.15, -0.1) is 11.8 Å². The van der Waals surface area contributed by atoms with E-state index in [0.717, 1.165) is 6.42 Å². The molecule has 2 aliphatic rings. The molecule has 0 amide bonds. The molecular formula is C9H10N2O3S. The van der Waals surface area contributed by atoms with Crippen molar-refractivity contribution in [2.45, 2.75) is 23.1 Å². The first-order chi connectivity index (χ1) is 7.28. The Bertz CT molecular complexity index is 447. The second-order valence-electron chi connectivity index (χ2n) is 3.68. The molecule has 1 saturated heterocycles. The Morgan fingerprint density at radius 3 is 3.40 bits per heavy atom. The van der Waals surface area contributed by atoms with Crippen LogP contribution in [-0.4, -0.2) is 32.6 Å². The van der Waals surface area contributed by atoms with Crippen LogP contribution in [0.1, 0.15) is 11.8 Å². The Labute approximate surface area is 90.1 Å². The molecule has 1 fully saturated rings. The van der Waals surface area contributed by atoms with Crippen LogP contribution in [0, 0.1) is 0 Å². The van der Waals surface area contributed by atoms with Gasteiger partial charge in [0.15, 0.2) is 0 Å². The van der Waals surface area contributed by atoms with E-state index in [2.05, 4.69) is 4.98 Å². The average Bonchev–Trinajstić information content (AvgIpc) is 2.73. The molecule has 0 spiro atoms. The summed E-state index contributed by atoms with van der Waals surface area (Å²) < 4.78 is 7.43. The van der Waals surface area contributed by atoms with E-state index in [1.807, 2.05) is 4.57 Å². The molecule has 3 rings (SSSR count). The quantitative estimate of drug-likeness (QED) is 0.730. The normalized spacial score (nSPS) is 32.2. The fourth-order valence-electron chi connectivity index (χ4n) is 2.00. The van der Waals surface area contributed by atoms with Crippen molar-refractivity contribution in [2.75, 3.05) is 6.61 Å². The molecule has 0 saturated carbocycles. The number of aliphatic hydroxyl groups is 1. The first kappa shape index (κ1) is 9.23.